The summed E-state index contributed by atoms with van der Waals surface area (Å²) in [4.78, 5) is 26.1. The molecular formula is C8H10N2O4. The molecule has 0 fully saturated rings. The van der Waals surface area contributed by atoms with Gasteiger partial charge >= 0.3 is 11.9 Å². The van der Waals surface area contributed by atoms with E-state index in [1.807, 2.05) is 0 Å². The van der Waals surface area contributed by atoms with Gasteiger partial charge in [-0.25, -0.2) is 9.78 Å². The van der Waals surface area contributed by atoms with Gasteiger partial charge in [-0.3, -0.25) is 4.79 Å². The molecule has 0 amide bonds. The number of aromatic nitrogens is 2. The Labute approximate surface area is 79.9 Å². The molecule has 0 saturated heterocycles. The standard InChI is InChI=1S/C5H6O4.C3H4N2/c1-3(5(8)9)2-4(6)7;1-2-5-3-4-1/h1-2H2,(H,6,7)(H,8,9);1-3H,(H,4,5). The maximum Gasteiger partial charge on any atom is 0.331 e. The highest BCUT2D eigenvalue weighted by molar-refractivity contribution is 5.91. The number of aromatic amines is 1. The lowest BCUT2D eigenvalue weighted by atomic mass is 10.2. The first kappa shape index (κ1) is 11.9. The molecule has 1 rings (SSSR count). The van der Waals surface area contributed by atoms with E-state index in [2.05, 4.69) is 16.5 Å². The molecule has 14 heavy (non-hydrogen) atoms. The van der Waals surface area contributed by atoms with E-state index in [9.17, 15) is 9.59 Å². The minimum absolute atomic E-state index is 0.303. The molecule has 6 heteroatoms. The van der Waals surface area contributed by atoms with E-state index in [4.69, 9.17) is 10.2 Å². The summed E-state index contributed by atoms with van der Waals surface area (Å²) in [5.41, 5.74) is -0.303. The van der Waals surface area contributed by atoms with Crippen LogP contribution in [0.25, 0.3) is 0 Å². The highest BCUT2D eigenvalue weighted by Crippen LogP contribution is 1.95. The van der Waals surface area contributed by atoms with Gasteiger partial charge in [-0.1, -0.05) is 6.58 Å². The molecule has 0 aliphatic carbocycles. The second-order valence-electron chi connectivity index (χ2n) is 2.24. The van der Waals surface area contributed by atoms with Gasteiger partial charge in [0.15, 0.2) is 0 Å². The molecule has 0 aliphatic rings. The molecule has 0 spiro atoms. The minimum atomic E-state index is -1.27. The number of nitrogens with zero attached hydrogens (tertiary/aromatic N) is 1. The Kier molecular flexibility index (Phi) is 5.44. The minimum Gasteiger partial charge on any atom is -0.481 e. The highest BCUT2D eigenvalue weighted by Gasteiger charge is 2.07. The van der Waals surface area contributed by atoms with Gasteiger partial charge < -0.3 is 15.2 Å². The van der Waals surface area contributed by atoms with Crippen molar-refractivity contribution in [3.8, 4) is 0 Å². The lowest BCUT2D eigenvalue weighted by Gasteiger charge is -1.91. The summed E-state index contributed by atoms with van der Waals surface area (Å²) in [5, 5.41) is 16.1. The third-order valence-electron chi connectivity index (χ3n) is 1.07. The summed E-state index contributed by atoms with van der Waals surface area (Å²) < 4.78 is 0. The Morgan fingerprint density at radius 3 is 2.21 bits per heavy atom. The number of rotatable bonds is 3. The van der Waals surface area contributed by atoms with E-state index in [-0.39, 0.29) is 5.57 Å². The number of carboxylic acid groups (broad SMARTS) is 2. The number of imidazole rings is 1. The molecular weight excluding hydrogens is 188 g/mol. The van der Waals surface area contributed by atoms with Crippen molar-refractivity contribution < 1.29 is 19.8 Å². The fraction of sp³-hybridized carbons (Fsp3) is 0.125. The largest absolute Gasteiger partial charge is 0.481 e. The average molecular weight is 198 g/mol. The van der Waals surface area contributed by atoms with Crippen LogP contribution in [0.15, 0.2) is 30.9 Å². The van der Waals surface area contributed by atoms with Crippen LogP contribution in [0.3, 0.4) is 0 Å². The van der Waals surface area contributed by atoms with Crippen LogP contribution in [0.5, 0.6) is 0 Å². The van der Waals surface area contributed by atoms with Crippen molar-refractivity contribution in [1.29, 1.82) is 0 Å². The highest BCUT2D eigenvalue weighted by atomic mass is 16.4. The van der Waals surface area contributed by atoms with Crippen molar-refractivity contribution in [2.24, 2.45) is 0 Å². The van der Waals surface area contributed by atoms with Crippen molar-refractivity contribution in [3.05, 3.63) is 30.9 Å². The predicted molar refractivity (Wildman–Crippen MR) is 47.6 cm³/mol. The van der Waals surface area contributed by atoms with Crippen molar-refractivity contribution in [3.63, 3.8) is 0 Å². The van der Waals surface area contributed by atoms with E-state index in [0.29, 0.717) is 0 Å². The van der Waals surface area contributed by atoms with Crippen LogP contribution in [0.1, 0.15) is 6.42 Å². The second-order valence-corrected chi connectivity index (χ2v) is 2.24. The first-order valence-electron chi connectivity index (χ1n) is 3.59. The van der Waals surface area contributed by atoms with Crippen LogP contribution in [-0.2, 0) is 9.59 Å². The summed E-state index contributed by atoms with van der Waals surface area (Å²) in [6.45, 7) is 3.01. The van der Waals surface area contributed by atoms with Crippen LogP contribution in [0, 0.1) is 0 Å². The SMILES string of the molecule is C=C(CC(=O)O)C(=O)O.c1c[nH]cn1. The molecule has 0 radical (unpaired) electrons. The molecule has 0 bridgehead atoms. The van der Waals surface area contributed by atoms with Crippen LogP contribution in [0.4, 0.5) is 0 Å². The van der Waals surface area contributed by atoms with Crippen LogP contribution >= 0.6 is 0 Å². The van der Waals surface area contributed by atoms with Gasteiger partial charge in [-0.15, -0.1) is 0 Å². The van der Waals surface area contributed by atoms with Gasteiger partial charge in [0.05, 0.1) is 12.7 Å². The predicted octanol–water partition coefficient (Wildman–Crippen LogP) is 0.512. The lowest BCUT2D eigenvalue weighted by Crippen LogP contribution is -2.04. The smallest absolute Gasteiger partial charge is 0.331 e. The van der Waals surface area contributed by atoms with Gasteiger partial charge in [-0.05, 0) is 0 Å². The summed E-state index contributed by atoms with van der Waals surface area (Å²) >= 11 is 0. The number of aliphatic carboxylic acids is 2. The maximum atomic E-state index is 9.87. The molecule has 76 valence electrons. The van der Waals surface area contributed by atoms with Crippen molar-refractivity contribution in [1.82, 2.24) is 9.97 Å². The number of nitrogens with one attached hydrogen (secondary N) is 1. The average Bonchev–Trinajstić information content (AvgIpc) is 2.59. The number of hydrogen-bond donors (Lipinski definition) is 3. The van der Waals surface area contributed by atoms with Gasteiger partial charge in [-0.2, -0.15) is 0 Å². The van der Waals surface area contributed by atoms with Crippen LogP contribution < -0.4 is 0 Å². The number of hydrogen-bond acceptors (Lipinski definition) is 3. The second kappa shape index (κ2) is 6.41. The van der Waals surface area contributed by atoms with E-state index >= 15 is 0 Å². The van der Waals surface area contributed by atoms with Crippen molar-refractivity contribution in [2.45, 2.75) is 6.42 Å². The third-order valence-corrected chi connectivity index (χ3v) is 1.07. The molecule has 3 N–H and O–H groups in total. The monoisotopic (exact) mass is 198 g/mol. The first-order chi connectivity index (χ1) is 6.54. The fourth-order valence-electron chi connectivity index (χ4n) is 0.473. The summed E-state index contributed by atoms with van der Waals surface area (Å²) in [6, 6.07) is 0. The van der Waals surface area contributed by atoms with Crippen LogP contribution in [0.2, 0.25) is 0 Å². The Balaban J connectivity index is 0.000000280. The molecule has 0 aliphatic heterocycles. The van der Waals surface area contributed by atoms with Crippen molar-refractivity contribution >= 4 is 11.9 Å². The zero-order chi connectivity index (χ0) is 11.0. The lowest BCUT2D eigenvalue weighted by molar-refractivity contribution is -0.139. The fourth-order valence-corrected chi connectivity index (χ4v) is 0.473. The van der Waals surface area contributed by atoms with Gasteiger partial charge in [0, 0.05) is 18.0 Å². The maximum absolute atomic E-state index is 9.87. The van der Waals surface area contributed by atoms with E-state index in [1.165, 1.54) is 0 Å². The molecule has 0 saturated carbocycles. The Hall–Kier alpha value is -2.11. The zero-order valence-corrected chi connectivity index (χ0v) is 7.30. The molecule has 1 aromatic rings. The van der Waals surface area contributed by atoms with Crippen molar-refractivity contribution in [2.75, 3.05) is 0 Å². The molecule has 0 atom stereocenters. The van der Waals surface area contributed by atoms with E-state index in [0.717, 1.165) is 0 Å². The number of H-pyrrole nitrogens is 1. The Morgan fingerprint density at radius 1 is 1.43 bits per heavy atom. The van der Waals surface area contributed by atoms with Gasteiger partial charge in [0.1, 0.15) is 0 Å². The van der Waals surface area contributed by atoms with E-state index in [1.54, 1.807) is 18.7 Å². The Morgan fingerprint density at radius 2 is 2.07 bits per heavy atom. The number of carboxylic acids is 2. The van der Waals surface area contributed by atoms with E-state index < -0.39 is 18.4 Å². The van der Waals surface area contributed by atoms with Gasteiger partial charge in [0.2, 0.25) is 0 Å². The third kappa shape index (κ3) is 6.59. The summed E-state index contributed by atoms with van der Waals surface area (Å²) in [7, 11) is 0. The quantitative estimate of drug-likeness (QED) is 0.614. The number of carbonyl (C=O) groups is 2. The molecule has 6 nitrogen and oxygen atoms in total. The molecule has 0 unspecified atom stereocenters. The molecule has 1 aromatic heterocycles. The first-order valence-corrected chi connectivity index (χ1v) is 3.59. The topological polar surface area (TPSA) is 103 Å². The summed E-state index contributed by atoms with van der Waals surface area (Å²) in [5.74, 6) is -2.44. The summed E-state index contributed by atoms with van der Waals surface area (Å²) in [6.07, 6.45) is 4.58. The van der Waals surface area contributed by atoms with Crippen LogP contribution in [-0.4, -0.2) is 32.1 Å². The van der Waals surface area contributed by atoms with Gasteiger partial charge in [0.25, 0.3) is 0 Å². The Bertz CT molecular complexity index is 288. The zero-order valence-electron chi connectivity index (χ0n) is 7.30. The molecule has 0 aromatic carbocycles. The normalized spacial score (nSPS) is 8.29. The molecule has 1 heterocycles.